The van der Waals surface area contributed by atoms with Crippen LogP contribution in [0.15, 0.2) is 188 Å². The Bertz CT molecular complexity index is 3490. The molecule has 256 valence electrons. The Morgan fingerprint density at radius 3 is 1.67 bits per heavy atom. The quantitative estimate of drug-likeness (QED) is 0.183. The molecule has 0 atom stereocenters. The monoisotopic (exact) mass is 701 g/mol. The molecule has 0 aliphatic carbocycles. The number of hydrogen-bond donors (Lipinski definition) is 0. The topological polar surface area (TPSA) is 40.0 Å². The highest BCUT2D eigenvalue weighted by atomic mass is 15.2. The van der Waals surface area contributed by atoms with Crippen molar-refractivity contribution in [2.75, 3.05) is 0 Å². The van der Waals surface area contributed by atoms with Crippen molar-refractivity contribution in [2.45, 2.75) is 0 Å². The smallest absolute Gasteiger partial charge is 0.221 e. The van der Waals surface area contributed by atoms with Crippen molar-refractivity contribution < 1.29 is 0 Å². The molecule has 5 nitrogen and oxygen atoms in total. The summed E-state index contributed by atoms with van der Waals surface area (Å²) in [5, 5.41) is 5.91. The van der Waals surface area contributed by atoms with Gasteiger partial charge in [-0.2, -0.15) is 0 Å². The van der Waals surface area contributed by atoms with E-state index in [0.717, 1.165) is 50.3 Å². The number of hydrogen-bond acceptors (Lipinski definition) is 2. The van der Waals surface area contributed by atoms with E-state index in [1.807, 2.05) is 12.1 Å². The van der Waals surface area contributed by atoms with E-state index in [-0.39, 0.29) is 0 Å². The summed E-state index contributed by atoms with van der Waals surface area (Å²) in [6.07, 6.45) is 0. The van der Waals surface area contributed by atoms with Gasteiger partial charge in [-0.05, 0) is 95.1 Å². The summed E-state index contributed by atoms with van der Waals surface area (Å²) >= 11 is 0. The first-order chi connectivity index (χ1) is 27.3. The van der Waals surface area contributed by atoms with Crippen molar-refractivity contribution in [3.8, 4) is 33.9 Å². The minimum absolute atomic E-state index is 0.826. The summed E-state index contributed by atoms with van der Waals surface area (Å²) in [4.78, 5) is 10.5. The molecule has 0 amide bonds. The predicted octanol–water partition coefficient (Wildman–Crippen LogP) is 12.6. The first-order valence-corrected chi connectivity index (χ1v) is 18.7. The predicted molar refractivity (Wildman–Crippen MR) is 228 cm³/mol. The van der Waals surface area contributed by atoms with Crippen molar-refractivity contribution in [1.82, 2.24) is 23.5 Å². The molecule has 8 aromatic carbocycles. The maximum absolute atomic E-state index is 5.34. The summed E-state index contributed by atoms with van der Waals surface area (Å²) < 4.78 is 6.90. The Morgan fingerprint density at radius 2 is 0.873 bits per heavy atom. The van der Waals surface area contributed by atoms with Gasteiger partial charge < -0.3 is 4.57 Å². The number of rotatable bonds is 4. The first kappa shape index (κ1) is 30.0. The summed E-state index contributed by atoms with van der Waals surface area (Å²) in [6, 6.07) is 67.3. The van der Waals surface area contributed by atoms with E-state index in [2.05, 4.69) is 189 Å². The van der Waals surface area contributed by atoms with Crippen LogP contribution in [0.2, 0.25) is 0 Å². The van der Waals surface area contributed by atoms with Gasteiger partial charge in [0.1, 0.15) is 5.65 Å². The Balaban J connectivity index is 1.04. The molecule has 0 aliphatic heterocycles. The van der Waals surface area contributed by atoms with E-state index < -0.39 is 0 Å². The molecule has 0 aliphatic rings. The maximum atomic E-state index is 5.34. The second-order valence-corrected chi connectivity index (χ2v) is 14.3. The molecular weight excluding hydrogens is 671 g/mol. The Morgan fingerprint density at radius 1 is 0.309 bits per heavy atom. The number of benzene rings is 8. The third-order valence-electron chi connectivity index (χ3n) is 11.2. The highest BCUT2D eigenvalue weighted by Gasteiger charge is 2.20. The van der Waals surface area contributed by atoms with Crippen LogP contribution in [0.1, 0.15) is 0 Å². The highest BCUT2D eigenvalue weighted by Crippen LogP contribution is 2.39. The molecule has 0 saturated heterocycles. The molecule has 0 unspecified atom stereocenters. The van der Waals surface area contributed by atoms with Crippen molar-refractivity contribution >= 4 is 71.2 Å². The van der Waals surface area contributed by atoms with Crippen LogP contribution in [0.5, 0.6) is 0 Å². The molecule has 4 aromatic heterocycles. The second-order valence-electron chi connectivity index (χ2n) is 14.3. The standard InChI is InChI=1S/C50H31N5/c1-2-15-36(16-3-1)53-44-22-9-5-17-37(44)39-27-25-35(31-48(39)53)33-14-12-13-32(29-33)34-26-28-46-41(30-34)38-18-6-10-23-45(38)54(46)50-52-42-20-7-4-19-40(42)49-51-43-21-8-11-24-47(43)55(49)50/h1-31H. The first-order valence-electron chi connectivity index (χ1n) is 18.7. The summed E-state index contributed by atoms with van der Waals surface area (Å²) in [5.41, 5.74) is 14.3. The van der Waals surface area contributed by atoms with E-state index in [0.29, 0.717) is 0 Å². The lowest BCUT2D eigenvalue weighted by atomic mass is 9.97. The van der Waals surface area contributed by atoms with E-state index in [1.165, 1.54) is 54.8 Å². The lowest BCUT2D eigenvalue weighted by Gasteiger charge is -2.12. The van der Waals surface area contributed by atoms with Crippen molar-refractivity contribution in [3.05, 3.63) is 188 Å². The van der Waals surface area contributed by atoms with Gasteiger partial charge in [0.05, 0.1) is 38.6 Å². The number of fused-ring (bicyclic) bond motifs is 11. The van der Waals surface area contributed by atoms with Gasteiger partial charge in [-0.25, -0.2) is 9.97 Å². The number of aromatic nitrogens is 5. The molecule has 12 aromatic rings. The molecule has 0 bridgehead atoms. The molecule has 5 heteroatoms. The van der Waals surface area contributed by atoms with Crippen molar-refractivity contribution in [3.63, 3.8) is 0 Å². The van der Waals surface area contributed by atoms with Crippen LogP contribution in [0, 0.1) is 0 Å². The lowest BCUT2D eigenvalue weighted by Crippen LogP contribution is -2.06. The van der Waals surface area contributed by atoms with Gasteiger partial charge in [0, 0.05) is 32.6 Å². The SMILES string of the molecule is c1ccc(-n2c3ccccc3c3ccc(-c4cccc(-c5ccc6c(c5)c5ccccc5n6-c5nc6ccccc6c6nc7ccccc7n56)c4)cc32)cc1. The molecule has 0 saturated carbocycles. The largest absolute Gasteiger partial charge is 0.309 e. The average molecular weight is 702 g/mol. The fourth-order valence-electron chi connectivity index (χ4n) is 8.73. The minimum atomic E-state index is 0.826. The van der Waals surface area contributed by atoms with Crippen LogP contribution < -0.4 is 0 Å². The molecule has 55 heavy (non-hydrogen) atoms. The van der Waals surface area contributed by atoms with E-state index in [9.17, 15) is 0 Å². The van der Waals surface area contributed by atoms with Crippen LogP contribution in [0.3, 0.4) is 0 Å². The Kier molecular flexibility index (Phi) is 6.27. The molecule has 0 radical (unpaired) electrons. The molecule has 4 heterocycles. The normalized spacial score (nSPS) is 12.0. The molecule has 0 spiro atoms. The van der Waals surface area contributed by atoms with E-state index in [1.54, 1.807) is 0 Å². The van der Waals surface area contributed by atoms with Crippen LogP contribution in [-0.2, 0) is 0 Å². The van der Waals surface area contributed by atoms with E-state index >= 15 is 0 Å². The zero-order valence-electron chi connectivity index (χ0n) is 29.6. The fourth-order valence-corrected chi connectivity index (χ4v) is 8.73. The maximum Gasteiger partial charge on any atom is 0.221 e. The van der Waals surface area contributed by atoms with Gasteiger partial charge >= 0.3 is 0 Å². The van der Waals surface area contributed by atoms with Gasteiger partial charge in [-0.3, -0.25) is 8.97 Å². The van der Waals surface area contributed by atoms with Crippen LogP contribution in [-0.4, -0.2) is 23.5 Å². The van der Waals surface area contributed by atoms with Crippen LogP contribution in [0.25, 0.3) is 105 Å². The third kappa shape index (κ3) is 4.41. The van der Waals surface area contributed by atoms with Crippen LogP contribution >= 0.6 is 0 Å². The van der Waals surface area contributed by atoms with Crippen molar-refractivity contribution in [1.29, 1.82) is 0 Å². The minimum Gasteiger partial charge on any atom is -0.309 e. The van der Waals surface area contributed by atoms with Gasteiger partial charge in [-0.1, -0.05) is 115 Å². The average Bonchev–Trinajstić information content (AvgIpc) is 3.92. The third-order valence-corrected chi connectivity index (χ3v) is 11.2. The summed E-state index contributed by atoms with van der Waals surface area (Å²) in [6.45, 7) is 0. The van der Waals surface area contributed by atoms with E-state index in [4.69, 9.17) is 9.97 Å². The Hall–Kier alpha value is -7.50. The Labute approximate surface area is 315 Å². The molecular formula is C50H31N5. The molecule has 0 N–H and O–H groups in total. The zero-order valence-corrected chi connectivity index (χ0v) is 29.6. The zero-order chi connectivity index (χ0) is 36.0. The summed E-state index contributed by atoms with van der Waals surface area (Å²) in [7, 11) is 0. The second kappa shape index (κ2) is 11.5. The highest BCUT2D eigenvalue weighted by molar-refractivity contribution is 6.12. The summed E-state index contributed by atoms with van der Waals surface area (Å²) in [5.74, 6) is 0.826. The van der Waals surface area contributed by atoms with Crippen molar-refractivity contribution in [2.24, 2.45) is 0 Å². The number of nitrogens with zero attached hydrogens (tertiary/aromatic N) is 5. The van der Waals surface area contributed by atoms with Gasteiger partial charge in [-0.15, -0.1) is 0 Å². The number of imidazole rings is 1. The van der Waals surface area contributed by atoms with Crippen LogP contribution in [0.4, 0.5) is 0 Å². The van der Waals surface area contributed by atoms with Gasteiger partial charge in [0.2, 0.25) is 5.95 Å². The lowest BCUT2D eigenvalue weighted by molar-refractivity contribution is 0.979. The fraction of sp³-hybridized carbons (Fsp3) is 0. The molecule has 12 rings (SSSR count). The van der Waals surface area contributed by atoms with Gasteiger partial charge in [0.25, 0.3) is 0 Å². The number of para-hydroxylation sites is 6. The van der Waals surface area contributed by atoms with Gasteiger partial charge in [0.15, 0.2) is 0 Å². The molecule has 0 fully saturated rings.